The SMILES string of the molecule is CC(C)c1cc(Br)ccc1OC(CN)c1cc(Br)cs1. The summed E-state index contributed by atoms with van der Waals surface area (Å²) in [4.78, 5) is 1.14. The molecule has 2 N–H and O–H groups in total. The van der Waals surface area contributed by atoms with Crippen molar-refractivity contribution >= 4 is 43.2 Å². The predicted octanol–water partition coefficient (Wildman–Crippen LogP) is 5.48. The Morgan fingerprint density at radius 1 is 1.20 bits per heavy atom. The standard InChI is InChI=1S/C15H17Br2NOS/c1-9(2)12-5-10(16)3-4-13(12)19-14(7-18)15-6-11(17)8-20-15/h3-6,8-9,14H,7,18H2,1-2H3. The van der Waals surface area contributed by atoms with Gasteiger partial charge in [-0.3, -0.25) is 0 Å². The van der Waals surface area contributed by atoms with Crippen LogP contribution in [0.4, 0.5) is 0 Å². The minimum Gasteiger partial charge on any atom is -0.483 e. The van der Waals surface area contributed by atoms with E-state index < -0.39 is 0 Å². The minimum absolute atomic E-state index is 0.107. The van der Waals surface area contributed by atoms with Crippen LogP contribution in [-0.2, 0) is 0 Å². The Bertz CT molecular complexity index is 583. The number of hydrogen-bond donors (Lipinski definition) is 1. The fraction of sp³-hybridized carbons (Fsp3) is 0.333. The van der Waals surface area contributed by atoms with Crippen molar-refractivity contribution in [2.75, 3.05) is 6.54 Å². The third-order valence-electron chi connectivity index (χ3n) is 2.98. The van der Waals surface area contributed by atoms with E-state index in [1.807, 2.05) is 17.5 Å². The monoisotopic (exact) mass is 417 g/mol. The van der Waals surface area contributed by atoms with Crippen molar-refractivity contribution in [1.82, 2.24) is 0 Å². The van der Waals surface area contributed by atoms with Gasteiger partial charge in [-0.1, -0.05) is 29.8 Å². The molecular formula is C15H17Br2NOS. The zero-order valence-electron chi connectivity index (χ0n) is 11.4. The van der Waals surface area contributed by atoms with Gasteiger partial charge in [-0.2, -0.15) is 0 Å². The van der Waals surface area contributed by atoms with Gasteiger partial charge < -0.3 is 10.5 Å². The van der Waals surface area contributed by atoms with Crippen LogP contribution < -0.4 is 10.5 Å². The van der Waals surface area contributed by atoms with Gasteiger partial charge >= 0.3 is 0 Å². The third kappa shape index (κ3) is 3.85. The molecule has 1 aromatic heterocycles. The second-order valence-electron chi connectivity index (χ2n) is 4.85. The number of hydrogen-bond acceptors (Lipinski definition) is 3. The highest BCUT2D eigenvalue weighted by Crippen LogP contribution is 2.34. The van der Waals surface area contributed by atoms with Gasteiger partial charge in [0.1, 0.15) is 11.9 Å². The van der Waals surface area contributed by atoms with Crippen LogP contribution in [0.3, 0.4) is 0 Å². The second-order valence-corrected chi connectivity index (χ2v) is 7.62. The number of halogens is 2. The third-order valence-corrected chi connectivity index (χ3v) is 5.26. The lowest BCUT2D eigenvalue weighted by molar-refractivity contribution is 0.215. The van der Waals surface area contributed by atoms with Crippen molar-refractivity contribution in [2.24, 2.45) is 5.73 Å². The summed E-state index contributed by atoms with van der Waals surface area (Å²) >= 11 is 8.64. The second kappa shape index (κ2) is 7.07. The average Bonchev–Trinajstić information content (AvgIpc) is 2.83. The molecule has 5 heteroatoms. The molecule has 20 heavy (non-hydrogen) atoms. The Labute approximate surface area is 140 Å². The van der Waals surface area contributed by atoms with Gasteiger partial charge in [0.15, 0.2) is 0 Å². The highest BCUT2D eigenvalue weighted by Gasteiger charge is 2.17. The van der Waals surface area contributed by atoms with E-state index in [4.69, 9.17) is 10.5 Å². The molecule has 2 nitrogen and oxygen atoms in total. The molecule has 0 spiro atoms. The quantitative estimate of drug-likeness (QED) is 0.697. The van der Waals surface area contributed by atoms with E-state index in [2.05, 4.69) is 57.8 Å². The van der Waals surface area contributed by atoms with Crippen LogP contribution >= 0.6 is 43.2 Å². The van der Waals surface area contributed by atoms with Gasteiger partial charge in [-0.25, -0.2) is 0 Å². The van der Waals surface area contributed by atoms with Crippen molar-refractivity contribution in [3.05, 3.63) is 49.0 Å². The molecule has 0 aliphatic heterocycles. The van der Waals surface area contributed by atoms with Crippen LogP contribution in [0.1, 0.15) is 36.3 Å². The molecule has 108 valence electrons. The van der Waals surface area contributed by atoms with Crippen molar-refractivity contribution in [2.45, 2.75) is 25.9 Å². The zero-order chi connectivity index (χ0) is 14.7. The molecule has 0 fully saturated rings. The van der Waals surface area contributed by atoms with Crippen molar-refractivity contribution < 1.29 is 4.74 Å². The molecular weight excluding hydrogens is 402 g/mol. The molecule has 1 aromatic carbocycles. The van der Waals surface area contributed by atoms with E-state index in [-0.39, 0.29) is 6.10 Å². The Balaban J connectivity index is 2.28. The van der Waals surface area contributed by atoms with Crippen LogP contribution in [-0.4, -0.2) is 6.54 Å². The number of nitrogens with two attached hydrogens (primary N) is 1. The van der Waals surface area contributed by atoms with Crippen LogP contribution in [0.25, 0.3) is 0 Å². The lowest BCUT2D eigenvalue weighted by atomic mass is 10.0. The summed E-state index contributed by atoms with van der Waals surface area (Å²) in [7, 11) is 0. The molecule has 0 aliphatic rings. The smallest absolute Gasteiger partial charge is 0.145 e. The lowest BCUT2D eigenvalue weighted by Gasteiger charge is -2.20. The maximum Gasteiger partial charge on any atom is 0.145 e. The Hall–Kier alpha value is -0.360. The molecule has 0 saturated heterocycles. The maximum absolute atomic E-state index is 6.15. The summed E-state index contributed by atoms with van der Waals surface area (Å²) in [5.74, 6) is 1.30. The lowest BCUT2D eigenvalue weighted by Crippen LogP contribution is -2.18. The number of rotatable bonds is 5. The highest BCUT2D eigenvalue weighted by molar-refractivity contribution is 9.10. The largest absolute Gasteiger partial charge is 0.483 e. The Morgan fingerprint density at radius 3 is 2.50 bits per heavy atom. The fourth-order valence-corrected chi connectivity index (χ4v) is 3.82. The molecule has 1 atom stereocenters. The molecule has 0 amide bonds. The Morgan fingerprint density at radius 2 is 1.95 bits per heavy atom. The summed E-state index contributed by atoms with van der Waals surface area (Å²) in [6.07, 6.45) is -0.107. The van der Waals surface area contributed by atoms with Gasteiger partial charge in [-0.05, 0) is 51.7 Å². The number of benzene rings is 1. The number of ether oxygens (including phenoxy) is 1. The fourth-order valence-electron chi connectivity index (χ4n) is 1.95. The first kappa shape index (κ1) is 16.0. The van der Waals surface area contributed by atoms with Gasteiger partial charge in [0, 0.05) is 25.7 Å². The van der Waals surface area contributed by atoms with Gasteiger partial charge in [0.05, 0.1) is 0 Å². The van der Waals surface area contributed by atoms with E-state index in [9.17, 15) is 0 Å². The molecule has 1 heterocycles. The number of thiophene rings is 1. The normalized spacial score (nSPS) is 12.7. The topological polar surface area (TPSA) is 35.2 Å². The first-order chi connectivity index (χ1) is 9.51. The van der Waals surface area contributed by atoms with Gasteiger partial charge in [-0.15, -0.1) is 11.3 Å². The van der Waals surface area contributed by atoms with Crippen molar-refractivity contribution in [1.29, 1.82) is 0 Å². The maximum atomic E-state index is 6.15. The summed E-state index contributed by atoms with van der Waals surface area (Å²) in [6.45, 7) is 4.78. The van der Waals surface area contributed by atoms with Gasteiger partial charge in [0.2, 0.25) is 0 Å². The summed E-state index contributed by atoms with van der Waals surface area (Å²) < 4.78 is 8.29. The zero-order valence-corrected chi connectivity index (χ0v) is 15.4. The van der Waals surface area contributed by atoms with Crippen LogP contribution in [0.15, 0.2) is 38.6 Å². The van der Waals surface area contributed by atoms with Crippen LogP contribution in [0.2, 0.25) is 0 Å². The summed E-state index contributed by atoms with van der Waals surface area (Å²) in [5.41, 5.74) is 7.06. The predicted molar refractivity (Wildman–Crippen MR) is 92.7 cm³/mol. The van der Waals surface area contributed by atoms with E-state index >= 15 is 0 Å². The van der Waals surface area contributed by atoms with E-state index in [1.165, 1.54) is 5.56 Å². The first-order valence-corrected chi connectivity index (χ1v) is 8.88. The first-order valence-electron chi connectivity index (χ1n) is 6.41. The molecule has 2 aromatic rings. The summed E-state index contributed by atoms with van der Waals surface area (Å²) in [5, 5.41) is 2.05. The molecule has 2 rings (SSSR count). The highest BCUT2D eigenvalue weighted by atomic mass is 79.9. The molecule has 1 unspecified atom stereocenters. The average molecular weight is 419 g/mol. The van der Waals surface area contributed by atoms with E-state index in [0.717, 1.165) is 19.6 Å². The van der Waals surface area contributed by atoms with E-state index in [1.54, 1.807) is 11.3 Å². The van der Waals surface area contributed by atoms with E-state index in [0.29, 0.717) is 12.5 Å². The summed E-state index contributed by atoms with van der Waals surface area (Å²) in [6, 6.07) is 8.18. The van der Waals surface area contributed by atoms with Crippen LogP contribution in [0.5, 0.6) is 5.75 Å². The van der Waals surface area contributed by atoms with Crippen LogP contribution in [0, 0.1) is 0 Å². The minimum atomic E-state index is -0.107. The molecule has 0 bridgehead atoms. The molecule has 0 saturated carbocycles. The van der Waals surface area contributed by atoms with Gasteiger partial charge in [0.25, 0.3) is 0 Å². The molecule has 0 aliphatic carbocycles. The Kier molecular flexibility index (Phi) is 5.66. The van der Waals surface area contributed by atoms with Crippen molar-refractivity contribution in [3.8, 4) is 5.75 Å². The molecule has 0 radical (unpaired) electrons. The van der Waals surface area contributed by atoms with Crippen molar-refractivity contribution in [3.63, 3.8) is 0 Å².